The number of benzene rings is 1. The molecule has 0 aliphatic carbocycles. The molecular formula is C12H14ClNO3S. The number of alkyl halides is 1. The molecule has 4 nitrogen and oxygen atoms in total. The zero-order valence-electron chi connectivity index (χ0n) is 10.2. The van der Waals surface area contributed by atoms with Gasteiger partial charge in [0.1, 0.15) is 11.8 Å². The Morgan fingerprint density at radius 3 is 2.67 bits per heavy atom. The minimum atomic E-state index is -3.53. The van der Waals surface area contributed by atoms with Crippen molar-refractivity contribution in [3.8, 4) is 11.8 Å². The van der Waals surface area contributed by atoms with E-state index in [1.807, 2.05) is 6.07 Å². The van der Waals surface area contributed by atoms with Crippen molar-refractivity contribution in [2.75, 3.05) is 18.7 Å². The van der Waals surface area contributed by atoms with Crippen LogP contribution in [0, 0.1) is 17.2 Å². The molecule has 1 aromatic carbocycles. The summed E-state index contributed by atoms with van der Waals surface area (Å²) >= 11 is 5.62. The average molecular weight is 288 g/mol. The van der Waals surface area contributed by atoms with Crippen LogP contribution in [-0.4, -0.2) is 27.2 Å². The molecule has 0 aromatic heterocycles. The minimum Gasteiger partial charge on any atom is -0.497 e. The van der Waals surface area contributed by atoms with E-state index in [2.05, 4.69) is 0 Å². The molecule has 0 aliphatic rings. The van der Waals surface area contributed by atoms with E-state index in [9.17, 15) is 8.42 Å². The molecule has 0 amide bonds. The molecule has 0 saturated carbocycles. The second-order valence-electron chi connectivity index (χ2n) is 4.01. The first-order valence-corrected chi connectivity index (χ1v) is 7.50. The highest BCUT2D eigenvalue weighted by molar-refractivity contribution is 7.91. The third-order valence-corrected chi connectivity index (χ3v) is 4.95. The Hall–Kier alpha value is -1.25. The summed E-state index contributed by atoms with van der Waals surface area (Å²) in [6, 6.07) is 6.25. The Balaban J connectivity index is 3.26. The van der Waals surface area contributed by atoms with E-state index >= 15 is 0 Å². The highest BCUT2D eigenvalue weighted by Crippen LogP contribution is 2.24. The molecule has 1 unspecified atom stereocenters. The lowest BCUT2D eigenvalue weighted by Crippen LogP contribution is -2.16. The second-order valence-corrected chi connectivity index (χ2v) is 6.33. The van der Waals surface area contributed by atoms with Gasteiger partial charge in [0.25, 0.3) is 0 Å². The summed E-state index contributed by atoms with van der Waals surface area (Å²) in [5.74, 6) is 0.407. The van der Waals surface area contributed by atoms with Gasteiger partial charge in [0.15, 0.2) is 9.84 Å². The molecular weight excluding hydrogens is 274 g/mol. The van der Waals surface area contributed by atoms with Gasteiger partial charge < -0.3 is 4.74 Å². The zero-order chi connectivity index (χ0) is 13.8. The van der Waals surface area contributed by atoms with Gasteiger partial charge in [-0.25, -0.2) is 8.42 Å². The molecule has 0 fully saturated rings. The van der Waals surface area contributed by atoms with Crippen LogP contribution in [-0.2, 0) is 9.84 Å². The molecule has 0 saturated heterocycles. The summed E-state index contributed by atoms with van der Waals surface area (Å²) in [7, 11) is -2.09. The first-order chi connectivity index (χ1) is 8.44. The van der Waals surface area contributed by atoms with Crippen molar-refractivity contribution in [1.82, 2.24) is 0 Å². The number of nitrogens with zero attached hydrogens (tertiary/aromatic N) is 1. The first kappa shape index (κ1) is 14.8. The van der Waals surface area contributed by atoms with Crippen molar-refractivity contribution in [1.29, 1.82) is 5.26 Å². The maximum atomic E-state index is 12.2. The van der Waals surface area contributed by atoms with E-state index in [-0.39, 0.29) is 28.0 Å². The van der Waals surface area contributed by atoms with E-state index in [0.29, 0.717) is 5.75 Å². The molecule has 0 heterocycles. The fourth-order valence-electron chi connectivity index (χ4n) is 1.49. The molecule has 0 spiro atoms. The summed E-state index contributed by atoms with van der Waals surface area (Å²) in [5, 5.41) is 8.96. The van der Waals surface area contributed by atoms with Gasteiger partial charge in [0.2, 0.25) is 0 Å². The molecule has 1 atom stereocenters. The van der Waals surface area contributed by atoms with Gasteiger partial charge in [-0.05, 0) is 18.1 Å². The topological polar surface area (TPSA) is 67.2 Å². The predicted molar refractivity (Wildman–Crippen MR) is 69.6 cm³/mol. The largest absolute Gasteiger partial charge is 0.497 e. The predicted octanol–water partition coefficient (Wildman–Crippen LogP) is 2.22. The third kappa shape index (κ3) is 3.37. The van der Waals surface area contributed by atoms with Crippen LogP contribution in [0.4, 0.5) is 0 Å². The van der Waals surface area contributed by atoms with Crippen LogP contribution in [0.1, 0.15) is 12.5 Å². The van der Waals surface area contributed by atoms with E-state index in [1.54, 1.807) is 13.0 Å². The molecule has 1 rings (SSSR count). The summed E-state index contributed by atoms with van der Waals surface area (Å²) < 4.78 is 29.3. The maximum absolute atomic E-state index is 12.2. The SMILES string of the molecule is COc1ccc(C#N)c(S(=O)(=O)CC(C)CCl)c1. The number of nitriles is 1. The van der Waals surface area contributed by atoms with Gasteiger partial charge in [-0.2, -0.15) is 5.26 Å². The average Bonchev–Trinajstić information content (AvgIpc) is 2.37. The van der Waals surface area contributed by atoms with Crippen molar-refractivity contribution in [3.63, 3.8) is 0 Å². The van der Waals surface area contributed by atoms with Crippen molar-refractivity contribution in [2.24, 2.45) is 5.92 Å². The number of sulfone groups is 1. The lowest BCUT2D eigenvalue weighted by molar-refractivity contribution is 0.413. The van der Waals surface area contributed by atoms with Gasteiger partial charge in [0, 0.05) is 11.9 Å². The summed E-state index contributed by atoms with van der Waals surface area (Å²) in [5.41, 5.74) is 0.123. The lowest BCUT2D eigenvalue weighted by atomic mass is 10.2. The monoisotopic (exact) mass is 287 g/mol. The highest BCUT2D eigenvalue weighted by Gasteiger charge is 2.22. The minimum absolute atomic E-state index is 0.00122. The van der Waals surface area contributed by atoms with Gasteiger partial charge in [-0.1, -0.05) is 6.92 Å². The van der Waals surface area contributed by atoms with Crippen LogP contribution in [0.2, 0.25) is 0 Å². The van der Waals surface area contributed by atoms with E-state index in [0.717, 1.165) is 0 Å². The third-order valence-electron chi connectivity index (χ3n) is 2.41. The van der Waals surface area contributed by atoms with Gasteiger partial charge >= 0.3 is 0 Å². The van der Waals surface area contributed by atoms with Gasteiger partial charge in [-0.15, -0.1) is 11.6 Å². The molecule has 0 aliphatic heterocycles. The number of halogens is 1. The zero-order valence-corrected chi connectivity index (χ0v) is 11.8. The van der Waals surface area contributed by atoms with Crippen LogP contribution in [0.15, 0.2) is 23.1 Å². The lowest BCUT2D eigenvalue weighted by Gasteiger charge is -2.11. The Morgan fingerprint density at radius 1 is 1.50 bits per heavy atom. The smallest absolute Gasteiger partial charge is 0.180 e. The Labute approximate surface area is 112 Å². The van der Waals surface area contributed by atoms with Crippen molar-refractivity contribution in [3.05, 3.63) is 23.8 Å². The molecule has 18 heavy (non-hydrogen) atoms. The van der Waals surface area contributed by atoms with Gasteiger partial charge in [0.05, 0.1) is 23.3 Å². The summed E-state index contributed by atoms with van der Waals surface area (Å²) in [4.78, 5) is 0.00122. The van der Waals surface area contributed by atoms with E-state index < -0.39 is 9.84 Å². The van der Waals surface area contributed by atoms with Crippen LogP contribution in [0.25, 0.3) is 0 Å². The fourth-order valence-corrected chi connectivity index (χ4v) is 3.52. The quantitative estimate of drug-likeness (QED) is 0.779. The first-order valence-electron chi connectivity index (χ1n) is 5.31. The number of methoxy groups -OCH3 is 1. The number of hydrogen-bond donors (Lipinski definition) is 0. The van der Waals surface area contributed by atoms with Crippen LogP contribution in [0.3, 0.4) is 0 Å². The molecule has 0 bridgehead atoms. The second kappa shape index (κ2) is 6.07. The molecule has 0 radical (unpaired) electrons. The Morgan fingerprint density at radius 2 is 2.17 bits per heavy atom. The molecule has 6 heteroatoms. The van der Waals surface area contributed by atoms with Crippen molar-refractivity contribution in [2.45, 2.75) is 11.8 Å². The standard InChI is InChI=1S/C12H14ClNO3S/c1-9(6-13)8-18(15,16)12-5-11(17-2)4-3-10(12)7-14/h3-5,9H,6,8H2,1-2H3. The van der Waals surface area contributed by atoms with Gasteiger partial charge in [-0.3, -0.25) is 0 Å². The van der Waals surface area contributed by atoms with E-state index in [1.165, 1.54) is 19.2 Å². The molecule has 1 aromatic rings. The van der Waals surface area contributed by atoms with Crippen LogP contribution < -0.4 is 4.74 Å². The molecule has 0 N–H and O–H groups in total. The Kier molecular flexibility index (Phi) is 5.00. The normalized spacial score (nSPS) is 12.8. The van der Waals surface area contributed by atoms with Crippen molar-refractivity contribution < 1.29 is 13.2 Å². The summed E-state index contributed by atoms with van der Waals surface area (Å²) in [6.07, 6.45) is 0. The fraction of sp³-hybridized carbons (Fsp3) is 0.417. The highest BCUT2D eigenvalue weighted by atomic mass is 35.5. The maximum Gasteiger partial charge on any atom is 0.180 e. The molecule has 98 valence electrons. The van der Waals surface area contributed by atoms with Crippen molar-refractivity contribution >= 4 is 21.4 Å². The van der Waals surface area contributed by atoms with E-state index in [4.69, 9.17) is 21.6 Å². The number of ether oxygens (including phenoxy) is 1. The summed E-state index contributed by atoms with van der Waals surface area (Å²) in [6.45, 7) is 1.75. The van der Waals surface area contributed by atoms with Crippen LogP contribution >= 0.6 is 11.6 Å². The Bertz CT molecular complexity index is 563. The number of rotatable bonds is 5. The number of hydrogen-bond acceptors (Lipinski definition) is 4. The van der Waals surface area contributed by atoms with Crippen LogP contribution in [0.5, 0.6) is 5.75 Å².